The molecule has 0 spiro atoms. The van der Waals surface area contributed by atoms with Crippen molar-refractivity contribution in [2.75, 3.05) is 63.7 Å². The highest BCUT2D eigenvalue weighted by Gasteiger charge is 2.45. The number of hydrogen-bond acceptors (Lipinski definition) is 14. The van der Waals surface area contributed by atoms with E-state index in [2.05, 4.69) is 73.3 Å². The van der Waals surface area contributed by atoms with E-state index in [1.54, 1.807) is 11.8 Å². The van der Waals surface area contributed by atoms with Crippen molar-refractivity contribution in [2.24, 2.45) is 17.3 Å². The number of hydrogen-bond donors (Lipinski definition) is 8. The van der Waals surface area contributed by atoms with Crippen molar-refractivity contribution in [1.82, 2.24) is 51.3 Å². The van der Waals surface area contributed by atoms with Crippen molar-refractivity contribution in [1.29, 1.82) is 0 Å². The second kappa shape index (κ2) is 25.8. The van der Waals surface area contributed by atoms with Crippen LogP contribution in [0.3, 0.4) is 0 Å². The van der Waals surface area contributed by atoms with Crippen LogP contribution in [0.4, 0.5) is 0 Å². The number of aliphatic hydroxyl groups is 1. The first-order valence-corrected chi connectivity index (χ1v) is 30.7. The summed E-state index contributed by atoms with van der Waals surface area (Å²) >= 11 is 3.43. The Morgan fingerprint density at radius 1 is 0.779 bits per heavy atom. The number of carbonyl (C=O) groups excluding carboxylic acids is 6. The number of β-amino-alcohol motifs (C(OH)–C–C–N with tert-alkyl or cyclic N) is 1. The summed E-state index contributed by atoms with van der Waals surface area (Å²) in [6.45, 7) is 10.4. The van der Waals surface area contributed by atoms with Gasteiger partial charge in [0.25, 0.3) is 0 Å². The minimum absolute atomic E-state index is 0.00193. The summed E-state index contributed by atoms with van der Waals surface area (Å²) in [6.07, 6.45) is 2.24. The van der Waals surface area contributed by atoms with Gasteiger partial charge in [-0.3, -0.25) is 34.1 Å². The van der Waals surface area contributed by atoms with Crippen molar-refractivity contribution >= 4 is 69.0 Å². The largest absolute Gasteiger partial charge is 0.391 e. The van der Waals surface area contributed by atoms with Crippen LogP contribution < -0.4 is 37.2 Å². The topological polar surface area (TPSA) is 251 Å². The van der Waals surface area contributed by atoms with Gasteiger partial charge < -0.3 is 46.8 Å². The maximum atomic E-state index is 14.2. The molecule has 22 heteroatoms. The molecule has 5 aliphatic heterocycles. The Hall–Kier alpha value is -5.07. The van der Waals surface area contributed by atoms with Crippen LogP contribution in [-0.2, 0) is 51.9 Å². The van der Waals surface area contributed by atoms with E-state index in [0.717, 1.165) is 45.7 Å². The highest BCUT2D eigenvalue weighted by Crippen LogP contribution is 2.36. The number of amides is 6. The van der Waals surface area contributed by atoms with Gasteiger partial charge in [0.1, 0.15) is 17.6 Å². The molecule has 3 aromatic carbocycles. The Kier molecular flexibility index (Phi) is 19.5. The number of rotatable bonds is 19. The average molecular weight is 1120 g/mol. The van der Waals surface area contributed by atoms with Crippen LogP contribution in [0.2, 0.25) is 0 Å². The number of sulfonamides is 1. The first-order valence-electron chi connectivity index (χ1n) is 26.8. The van der Waals surface area contributed by atoms with E-state index in [1.165, 1.54) is 14.8 Å². The Morgan fingerprint density at radius 3 is 2.14 bits per heavy atom. The first-order chi connectivity index (χ1) is 36.7. The number of piperidine rings is 1. The number of nitrogens with zero attached hydrogens (tertiary/aromatic N) is 3. The van der Waals surface area contributed by atoms with Gasteiger partial charge in [-0.05, 0) is 90.2 Å². The molecular weight excluding hydrogens is 1040 g/mol. The molecule has 418 valence electrons. The minimum Gasteiger partial charge on any atom is -0.391 e. The highest BCUT2D eigenvalue weighted by atomic mass is 32.2. The quantitative estimate of drug-likeness (QED) is 0.0861. The summed E-state index contributed by atoms with van der Waals surface area (Å²) < 4.78 is 24.9. The van der Waals surface area contributed by atoms with E-state index in [9.17, 15) is 42.3 Å². The SMILES string of the molecule is CC1NCSC1c1ccc(CNC(=O)[C@@H]2C[C@@H](O)CN2C(=O)[C@@H](NC(=O)CCN2CCC(C(=O)NCc3cccc(-c4cccc(C5CSC(NC(=O)CNC(=O)C6CCN(S(C)(=O)=O)C6)N5)c4)c3)CC2)C(C)(C)C)cc1. The Morgan fingerprint density at radius 2 is 1.45 bits per heavy atom. The van der Waals surface area contributed by atoms with Crippen LogP contribution >= 0.6 is 23.5 Å². The zero-order chi connectivity index (χ0) is 55.0. The fraction of sp³-hybridized carbons (Fsp3) is 0.564. The molecule has 0 radical (unpaired) electrons. The lowest BCUT2D eigenvalue weighted by molar-refractivity contribution is -0.144. The van der Waals surface area contributed by atoms with E-state index < -0.39 is 45.5 Å². The number of thioether (sulfide) groups is 2. The van der Waals surface area contributed by atoms with Gasteiger partial charge in [0.05, 0.1) is 24.8 Å². The third-order valence-electron chi connectivity index (χ3n) is 15.3. The molecule has 5 unspecified atom stereocenters. The van der Waals surface area contributed by atoms with E-state index in [-0.39, 0.29) is 92.6 Å². The van der Waals surface area contributed by atoms with Gasteiger partial charge in [-0.2, -0.15) is 0 Å². The molecule has 77 heavy (non-hydrogen) atoms. The summed E-state index contributed by atoms with van der Waals surface area (Å²) in [6, 6.07) is 23.0. The Balaban J connectivity index is 0.741. The lowest BCUT2D eigenvalue weighted by Gasteiger charge is -2.35. The molecule has 6 amide bonds. The number of aliphatic hydroxyl groups excluding tert-OH is 1. The fourth-order valence-electron chi connectivity index (χ4n) is 10.7. The summed E-state index contributed by atoms with van der Waals surface area (Å²) in [5.41, 5.74) is 5.17. The van der Waals surface area contributed by atoms with Crippen LogP contribution in [0.25, 0.3) is 11.1 Å². The number of carbonyl (C=O) groups is 6. The Bertz CT molecular complexity index is 2720. The summed E-state index contributed by atoms with van der Waals surface area (Å²) in [7, 11) is -3.37. The number of benzene rings is 3. The molecule has 3 aromatic rings. The van der Waals surface area contributed by atoms with Crippen molar-refractivity contribution < 1.29 is 42.3 Å². The number of likely N-dealkylation sites (tertiary alicyclic amines) is 2. The highest BCUT2D eigenvalue weighted by molar-refractivity contribution is 8.00. The van der Waals surface area contributed by atoms with Gasteiger partial charge in [-0.1, -0.05) is 81.4 Å². The van der Waals surface area contributed by atoms with Gasteiger partial charge in [-0.25, -0.2) is 12.7 Å². The molecule has 8 rings (SSSR count). The third kappa shape index (κ3) is 15.6. The zero-order valence-electron chi connectivity index (χ0n) is 44.7. The first kappa shape index (κ1) is 58.1. The second-order valence-electron chi connectivity index (χ2n) is 22.2. The molecule has 19 nitrogen and oxygen atoms in total. The van der Waals surface area contributed by atoms with Crippen LogP contribution in [0.15, 0.2) is 72.8 Å². The average Bonchev–Trinajstić information content (AvgIpc) is 4.26. The van der Waals surface area contributed by atoms with Crippen LogP contribution in [0.1, 0.15) is 93.3 Å². The molecule has 0 bridgehead atoms. The Labute approximate surface area is 461 Å². The monoisotopic (exact) mass is 1120 g/mol. The van der Waals surface area contributed by atoms with Crippen LogP contribution in [-0.4, -0.2) is 156 Å². The maximum Gasteiger partial charge on any atom is 0.246 e. The van der Waals surface area contributed by atoms with Gasteiger partial charge in [0.2, 0.25) is 45.5 Å². The van der Waals surface area contributed by atoms with E-state index >= 15 is 0 Å². The zero-order valence-corrected chi connectivity index (χ0v) is 47.2. The molecule has 0 saturated carbocycles. The van der Waals surface area contributed by atoms with Crippen molar-refractivity contribution in [3.8, 4) is 11.1 Å². The molecule has 8 N–H and O–H groups in total. The molecule has 5 heterocycles. The summed E-state index contributed by atoms with van der Waals surface area (Å²) in [5.74, 6) is -0.729. The lowest BCUT2D eigenvalue weighted by Crippen LogP contribution is -2.58. The fourth-order valence-corrected chi connectivity index (χ4v) is 14.0. The second-order valence-corrected chi connectivity index (χ2v) is 26.4. The van der Waals surface area contributed by atoms with Crippen LogP contribution in [0.5, 0.6) is 0 Å². The normalized spacial score (nSPS) is 24.8. The van der Waals surface area contributed by atoms with Crippen molar-refractivity contribution in [3.63, 3.8) is 0 Å². The van der Waals surface area contributed by atoms with Gasteiger partial charge in [-0.15, -0.1) is 23.5 Å². The predicted molar refractivity (Wildman–Crippen MR) is 299 cm³/mol. The van der Waals surface area contributed by atoms with E-state index in [0.29, 0.717) is 56.7 Å². The maximum absolute atomic E-state index is 14.2. The predicted octanol–water partition coefficient (Wildman–Crippen LogP) is 2.78. The van der Waals surface area contributed by atoms with Gasteiger partial charge in [0.15, 0.2) is 0 Å². The van der Waals surface area contributed by atoms with Crippen molar-refractivity contribution in [2.45, 2.75) is 114 Å². The van der Waals surface area contributed by atoms with Gasteiger partial charge in [0, 0.05) is 87.0 Å². The molecule has 0 aliphatic carbocycles. The standard InChI is InChI=1S/C55H76N10O9S3/c1-34-48(76-33-59-34)37-14-12-35(13-15-37)27-57-52(71)45-26-43(66)31-65(45)53(72)49(55(2,3)4)61-46(67)19-22-63-20-16-38(17-21-63)50(69)56-28-36-8-6-9-39(24-36)40-10-7-11-41(25-40)44-32-75-54(60-44)62-47(68)29-58-51(70)42-18-23-64(30-42)77(5,73)74/h6-15,24-25,34,38,42-45,48-49,54,59-60,66H,16-23,26-33H2,1-5H3,(H,56,69)(H,57,71)(H,58,70)(H,61,67)(H,62,68)/t34?,42?,43-,44?,45+,48?,49-,54?/m1/s1. The molecular formula is C55H76N10O9S3. The van der Waals surface area contributed by atoms with E-state index in [1.807, 2.05) is 81.1 Å². The van der Waals surface area contributed by atoms with Crippen molar-refractivity contribution in [3.05, 3.63) is 95.1 Å². The lowest BCUT2D eigenvalue weighted by atomic mass is 9.85. The molecule has 0 aromatic heterocycles. The van der Waals surface area contributed by atoms with Gasteiger partial charge >= 0.3 is 0 Å². The minimum atomic E-state index is -3.37. The third-order valence-corrected chi connectivity index (χ3v) is 19.1. The van der Waals surface area contributed by atoms with Crippen LogP contribution in [0, 0.1) is 17.3 Å². The molecule has 5 aliphatic rings. The molecule has 5 fully saturated rings. The smallest absolute Gasteiger partial charge is 0.246 e. The molecule has 5 saturated heterocycles. The number of nitrogens with one attached hydrogen (secondary N) is 7. The summed E-state index contributed by atoms with van der Waals surface area (Å²) in [4.78, 5) is 83.6. The van der Waals surface area contributed by atoms with E-state index in [4.69, 9.17) is 0 Å². The molecule has 8 atom stereocenters. The summed E-state index contributed by atoms with van der Waals surface area (Å²) in [5, 5.41) is 32.6.